The van der Waals surface area contributed by atoms with Crippen molar-refractivity contribution in [3.05, 3.63) is 33.4 Å². The van der Waals surface area contributed by atoms with Gasteiger partial charge in [0.25, 0.3) is 0 Å². The molecule has 1 unspecified atom stereocenters. The van der Waals surface area contributed by atoms with Gasteiger partial charge in [0.2, 0.25) is 0 Å². The molecule has 3 N–H and O–H groups in total. The number of aliphatic carboxylic acids is 1. The number of hydrogen-bond donors (Lipinski definition) is 2. The quantitative estimate of drug-likeness (QED) is 0.824. The molecular formula is C10H13ClINO2. The largest absolute Gasteiger partial charge is 0.481 e. The SMILES string of the molecule is Cl.NC(CC(=O)O)Cc1ccc(I)cc1. The first-order chi connectivity index (χ1) is 6.58. The molecule has 15 heavy (non-hydrogen) atoms. The molecule has 0 saturated heterocycles. The van der Waals surface area contributed by atoms with Crippen molar-refractivity contribution in [3.63, 3.8) is 0 Å². The molecule has 0 heterocycles. The zero-order valence-corrected chi connectivity index (χ0v) is 11.0. The molecule has 0 fully saturated rings. The Labute approximate surface area is 109 Å². The van der Waals surface area contributed by atoms with Crippen LogP contribution >= 0.6 is 35.0 Å². The van der Waals surface area contributed by atoms with E-state index in [1.54, 1.807) is 0 Å². The van der Waals surface area contributed by atoms with E-state index in [4.69, 9.17) is 10.8 Å². The zero-order chi connectivity index (χ0) is 10.6. The number of rotatable bonds is 4. The molecular weight excluding hydrogens is 328 g/mol. The molecule has 0 aliphatic rings. The number of benzene rings is 1. The van der Waals surface area contributed by atoms with Gasteiger partial charge in [-0.3, -0.25) is 4.79 Å². The number of carbonyl (C=O) groups is 1. The fourth-order valence-electron chi connectivity index (χ4n) is 1.22. The van der Waals surface area contributed by atoms with Crippen LogP contribution in [-0.2, 0) is 11.2 Å². The molecule has 0 aromatic heterocycles. The highest BCUT2D eigenvalue weighted by Gasteiger charge is 2.08. The van der Waals surface area contributed by atoms with Crippen LogP contribution in [-0.4, -0.2) is 17.1 Å². The molecule has 0 amide bonds. The summed E-state index contributed by atoms with van der Waals surface area (Å²) in [5.74, 6) is -0.844. The van der Waals surface area contributed by atoms with Crippen LogP contribution in [0, 0.1) is 3.57 Å². The summed E-state index contributed by atoms with van der Waals surface area (Å²) < 4.78 is 1.16. The van der Waals surface area contributed by atoms with E-state index in [-0.39, 0.29) is 24.9 Å². The Kier molecular flexibility index (Phi) is 6.87. The van der Waals surface area contributed by atoms with Crippen molar-refractivity contribution < 1.29 is 9.90 Å². The molecule has 84 valence electrons. The van der Waals surface area contributed by atoms with Crippen molar-refractivity contribution in [1.82, 2.24) is 0 Å². The minimum Gasteiger partial charge on any atom is -0.481 e. The number of nitrogens with two attached hydrogens (primary N) is 1. The van der Waals surface area contributed by atoms with Crippen LogP contribution in [0.1, 0.15) is 12.0 Å². The Balaban J connectivity index is 0.00000196. The van der Waals surface area contributed by atoms with Gasteiger partial charge in [-0.15, -0.1) is 12.4 Å². The van der Waals surface area contributed by atoms with Gasteiger partial charge in [0.05, 0.1) is 6.42 Å². The summed E-state index contributed by atoms with van der Waals surface area (Å²) >= 11 is 2.22. The fraction of sp³-hybridized carbons (Fsp3) is 0.300. The van der Waals surface area contributed by atoms with Gasteiger partial charge < -0.3 is 10.8 Å². The van der Waals surface area contributed by atoms with Crippen LogP contribution in [0.5, 0.6) is 0 Å². The highest BCUT2D eigenvalue weighted by atomic mass is 127. The highest BCUT2D eigenvalue weighted by Crippen LogP contribution is 2.09. The van der Waals surface area contributed by atoms with Crippen LogP contribution in [0.15, 0.2) is 24.3 Å². The van der Waals surface area contributed by atoms with E-state index >= 15 is 0 Å². The molecule has 0 bridgehead atoms. The van der Waals surface area contributed by atoms with Crippen LogP contribution in [0.2, 0.25) is 0 Å². The van der Waals surface area contributed by atoms with Crippen LogP contribution in [0.3, 0.4) is 0 Å². The summed E-state index contributed by atoms with van der Waals surface area (Å²) in [5.41, 5.74) is 6.74. The van der Waals surface area contributed by atoms with Crippen LogP contribution in [0.25, 0.3) is 0 Å². The van der Waals surface area contributed by atoms with Crippen molar-refractivity contribution in [3.8, 4) is 0 Å². The Hall–Kier alpha value is -0.330. The monoisotopic (exact) mass is 341 g/mol. The van der Waals surface area contributed by atoms with Crippen molar-refractivity contribution >= 4 is 41.0 Å². The third kappa shape index (κ3) is 5.96. The average molecular weight is 342 g/mol. The van der Waals surface area contributed by atoms with Crippen LogP contribution in [0.4, 0.5) is 0 Å². The zero-order valence-electron chi connectivity index (χ0n) is 8.02. The first kappa shape index (κ1) is 14.7. The molecule has 1 aromatic rings. The average Bonchev–Trinajstić information content (AvgIpc) is 2.07. The maximum atomic E-state index is 10.4. The number of halogens is 2. The summed E-state index contributed by atoms with van der Waals surface area (Å²) in [6, 6.07) is 7.63. The lowest BCUT2D eigenvalue weighted by Crippen LogP contribution is -2.26. The molecule has 0 saturated carbocycles. The van der Waals surface area contributed by atoms with Gasteiger partial charge in [0, 0.05) is 9.61 Å². The minimum atomic E-state index is -0.844. The topological polar surface area (TPSA) is 63.3 Å². The lowest BCUT2D eigenvalue weighted by atomic mass is 10.0. The summed E-state index contributed by atoms with van der Waals surface area (Å²) in [6.07, 6.45) is 0.634. The lowest BCUT2D eigenvalue weighted by molar-refractivity contribution is -0.137. The third-order valence-corrected chi connectivity index (χ3v) is 2.57. The molecule has 0 aliphatic carbocycles. The van der Waals surface area contributed by atoms with Gasteiger partial charge in [-0.2, -0.15) is 0 Å². The van der Waals surface area contributed by atoms with E-state index in [0.29, 0.717) is 6.42 Å². The predicted molar refractivity (Wildman–Crippen MR) is 70.3 cm³/mol. The van der Waals surface area contributed by atoms with E-state index in [0.717, 1.165) is 9.13 Å². The van der Waals surface area contributed by atoms with Crippen molar-refractivity contribution in [2.24, 2.45) is 5.73 Å². The van der Waals surface area contributed by atoms with Gasteiger partial charge in [-0.25, -0.2) is 0 Å². The van der Waals surface area contributed by atoms with E-state index < -0.39 is 5.97 Å². The smallest absolute Gasteiger partial charge is 0.304 e. The van der Waals surface area contributed by atoms with Crippen molar-refractivity contribution in [2.45, 2.75) is 18.9 Å². The summed E-state index contributed by atoms with van der Waals surface area (Å²) in [4.78, 5) is 10.4. The molecule has 1 rings (SSSR count). The Morgan fingerprint density at radius 1 is 1.40 bits per heavy atom. The van der Waals surface area contributed by atoms with E-state index in [2.05, 4.69) is 22.6 Å². The number of hydrogen-bond acceptors (Lipinski definition) is 2. The fourth-order valence-corrected chi connectivity index (χ4v) is 1.58. The second-order valence-corrected chi connectivity index (χ2v) is 4.43. The molecule has 1 atom stereocenters. The Morgan fingerprint density at radius 3 is 2.40 bits per heavy atom. The van der Waals surface area contributed by atoms with Crippen molar-refractivity contribution in [1.29, 1.82) is 0 Å². The predicted octanol–water partition coefficient (Wildman–Crippen LogP) is 2.06. The van der Waals surface area contributed by atoms with Gasteiger partial charge in [-0.1, -0.05) is 12.1 Å². The van der Waals surface area contributed by atoms with E-state index in [9.17, 15) is 4.79 Å². The second-order valence-electron chi connectivity index (χ2n) is 3.19. The van der Waals surface area contributed by atoms with Gasteiger partial charge in [-0.05, 0) is 46.7 Å². The standard InChI is InChI=1S/C10H12INO2.ClH/c11-8-3-1-7(2-4-8)5-9(12)6-10(13)14;/h1-4,9H,5-6,12H2,(H,13,14);1H. The van der Waals surface area contributed by atoms with Gasteiger partial charge in [0.15, 0.2) is 0 Å². The summed E-state index contributed by atoms with van der Waals surface area (Å²) in [5, 5.41) is 8.52. The minimum absolute atomic E-state index is 0. The Morgan fingerprint density at radius 2 is 1.93 bits per heavy atom. The first-order valence-corrected chi connectivity index (χ1v) is 5.37. The maximum Gasteiger partial charge on any atom is 0.304 e. The third-order valence-electron chi connectivity index (χ3n) is 1.85. The highest BCUT2D eigenvalue weighted by molar-refractivity contribution is 14.1. The number of carboxylic acid groups (broad SMARTS) is 1. The van der Waals surface area contributed by atoms with Gasteiger partial charge in [0.1, 0.15) is 0 Å². The molecule has 3 nitrogen and oxygen atoms in total. The van der Waals surface area contributed by atoms with E-state index in [1.807, 2.05) is 24.3 Å². The van der Waals surface area contributed by atoms with E-state index in [1.165, 1.54) is 0 Å². The van der Waals surface area contributed by atoms with Gasteiger partial charge >= 0.3 is 5.97 Å². The summed E-state index contributed by atoms with van der Waals surface area (Å²) in [6.45, 7) is 0. The lowest BCUT2D eigenvalue weighted by Gasteiger charge is -2.08. The molecule has 0 radical (unpaired) electrons. The Bertz CT molecular complexity index is 316. The molecule has 5 heteroatoms. The molecule has 1 aromatic carbocycles. The number of carboxylic acids is 1. The second kappa shape index (κ2) is 7.03. The van der Waals surface area contributed by atoms with Crippen LogP contribution < -0.4 is 5.73 Å². The molecule has 0 spiro atoms. The molecule has 0 aliphatic heterocycles. The first-order valence-electron chi connectivity index (χ1n) is 4.30. The summed E-state index contributed by atoms with van der Waals surface area (Å²) in [7, 11) is 0. The normalized spacial score (nSPS) is 11.6. The maximum absolute atomic E-state index is 10.4. The van der Waals surface area contributed by atoms with Crippen molar-refractivity contribution in [2.75, 3.05) is 0 Å².